The molecule has 0 heterocycles. The van der Waals surface area contributed by atoms with Crippen molar-refractivity contribution in [2.75, 3.05) is 38.1 Å². The van der Waals surface area contributed by atoms with Crippen molar-refractivity contribution in [3.8, 4) is 11.5 Å². The minimum Gasteiger partial charge on any atom is -0.497 e. The third kappa shape index (κ3) is 8.49. The number of ether oxygens (including phenoxy) is 2. The maximum Gasteiger partial charge on any atom is 0.253 e. The molecule has 4 aromatic rings. The van der Waals surface area contributed by atoms with Gasteiger partial charge in [0.1, 0.15) is 23.1 Å². The van der Waals surface area contributed by atoms with Crippen molar-refractivity contribution >= 4 is 35.0 Å². The Morgan fingerprint density at radius 1 is 0.720 bits per heavy atom. The van der Waals surface area contributed by atoms with Crippen LogP contribution in [0.3, 0.4) is 0 Å². The van der Waals surface area contributed by atoms with Crippen LogP contribution in [-0.2, 0) is 25.6 Å². The molecule has 1 saturated carbocycles. The molecule has 0 aliphatic heterocycles. The van der Waals surface area contributed by atoms with E-state index in [0.29, 0.717) is 35.7 Å². The summed E-state index contributed by atoms with van der Waals surface area (Å²) in [5.41, 5.74) is 2.11. The van der Waals surface area contributed by atoms with E-state index in [1.807, 2.05) is 60.7 Å². The number of methoxy groups -OCH3 is 2. The number of nitrogens with zero attached hydrogens (tertiary/aromatic N) is 2. The molecule has 4 aromatic carbocycles. The number of nitrogens with one attached hydrogen (secondary N) is 2. The first-order valence-electron chi connectivity index (χ1n) is 16.7. The molecule has 1 aliphatic carbocycles. The van der Waals surface area contributed by atoms with E-state index in [4.69, 9.17) is 9.47 Å². The Labute approximate surface area is 293 Å². The van der Waals surface area contributed by atoms with Gasteiger partial charge < -0.3 is 29.9 Å². The molecule has 0 radical (unpaired) electrons. The molecule has 10 heteroatoms. The van der Waals surface area contributed by atoms with Crippen LogP contribution in [0.5, 0.6) is 11.5 Å². The fourth-order valence-corrected chi connectivity index (χ4v) is 6.21. The standard InChI is InChI=1S/C40H44N4O6/c1-43(30-18-22-32(49-3)23-19-30)38(47)35(26-28-12-7-5-8-13-28)41-36(45)16-11-17-37(46)42-40(27-34(40)29-14-9-6-10-15-29)39(48)44(2)31-20-24-33(50-4)25-21-31/h5-10,12-15,18-25,34-35H,11,16-17,26-27H2,1-4H3,(H,41,45)(H,42,46)/t34?,35-,40?/m0/s1. The van der Waals surface area contributed by atoms with Crippen LogP contribution < -0.4 is 29.9 Å². The summed E-state index contributed by atoms with van der Waals surface area (Å²) in [6.45, 7) is 0. The smallest absolute Gasteiger partial charge is 0.253 e. The molecule has 5 rings (SSSR count). The summed E-state index contributed by atoms with van der Waals surface area (Å²) < 4.78 is 10.5. The predicted molar refractivity (Wildman–Crippen MR) is 193 cm³/mol. The SMILES string of the molecule is COc1ccc(N(C)C(=O)[C@H](Cc2ccccc2)NC(=O)CCCC(=O)NC2(C(=O)N(C)c3ccc(OC)cc3)CC2c2ccccc2)cc1. The Kier molecular flexibility index (Phi) is 11.5. The van der Waals surface area contributed by atoms with Crippen LogP contribution in [0, 0.1) is 0 Å². The Bertz CT molecular complexity index is 1770. The quantitative estimate of drug-likeness (QED) is 0.177. The van der Waals surface area contributed by atoms with E-state index in [2.05, 4.69) is 10.6 Å². The number of benzene rings is 4. The van der Waals surface area contributed by atoms with E-state index in [1.165, 1.54) is 4.90 Å². The zero-order valence-corrected chi connectivity index (χ0v) is 28.9. The van der Waals surface area contributed by atoms with E-state index in [9.17, 15) is 19.2 Å². The number of hydrogen-bond acceptors (Lipinski definition) is 6. The monoisotopic (exact) mass is 676 g/mol. The number of rotatable bonds is 15. The highest BCUT2D eigenvalue weighted by Crippen LogP contribution is 2.53. The Morgan fingerprint density at radius 2 is 1.24 bits per heavy atom. The maximum absolute atomic E-state index is 14.0. The van der Waals surface area contributed by atoms with Gasteiger partial charge >= 0.3 is 0 Å². The number of anilines is 2. The third-order valence-corrected chi connectivity index (χ3v) is 9.19. The fraction of sp³-hybridized carbons (Fsp3) is 0.300. The van der Waals surface area contributed by atoms with Crippen LogP contribution in [0.4, 0.5) is 11.4 Å². The second kappa shape index (κ2) is 16.2. The van der Waals surface area contributed by atoms with Gasteiger partial charge in [-0.3, -0.25) is 19.2 Å². The summed E-state index contributed by atoms with van der Waals surface area (Å²) in [6.07, 6.45) is 1.09. The van der Waals surface area contributed by atoms with Gasteiger partial charge in [-0.1, -0.05) is 60.7 Å². The third-order valence-electron chi connectivity index (χ3n) is 9.19. The molecule has 50 heavy (non-hydrogen) atoms. The number of amides is 4. The second-order valence-electron chi connectivity index (χ2n) is 12.5. The van der Waals surface area contributed by atoms with Crippen molar-refractivity contribution in [2.45, 2.75) is 49.6 Å². The molecule has 0 bridgehead atoms. The normalized spacial score (nSPS) is 16.8. The first kappa shape index (κ1) is 35.7. The van der Waals surface area contributed by atoms with Crippen LogP contribution >= 0.6 is 0 Å². The highest BCUT2D eigenvalue weighted by atomic mass is 16.5. The van der Waals surface area contributed by atoms with Crippen LogP contribution in [0.25, 0.3) is 0 Å². The van der Waals surface area contributed by atoms with Crippen molar-refractivity contribution in [2.24, 2.45) is 0 Å². The molecule has 3 atom stereocenters. The summed E-state index contributed by atoms with van der Waals surface area (Å²) in [7, 11) is 6.52. The van der Waals surface area contributed by atoms with E-state index in [-0.39, 0.29) is 48.8 Å². The zero-order valence-electron chi connectivity index (χ0n) is 28.9. The first-order valence-corrected chi connectivity index (χ1v) is 16.7. The van der Waals surface area contributed by atoms with Crippen molar-refractivity contribution in [1.29, 1.82) is 0 Å². The summed E-state index contributed by atoms with van der Waals surface area (Å²) >= 11 is 0. The molecule has 1 fully saturated rings. The minimum atomic E-state index is -1.10. The number of carbonyl (C=O) groups is 4. The van der Waals surface area contributed by atoms with Gasteiger partial charge in [0.15, 0.2) is 0 Å². The zero-order chi connectivity index (χ0) is 35.7. The molecule has 2 unspecified atom stereocenters. The highest BCUT2D eigenvalue weighted by molar-refractivity contribution is 6.05. The second-order valence-corrected chi connectivity index (χ2v) is 12.5. The van der Waals surface area contributed by atoms with Gasteiger partial charge in [-0.2, -0.15) is 0 Å². The largest absolute Gasteiger partial charge is 0.497 e. The van der Waals surface area contributed by atoms with Gasteiger partial charge in [0.2, 0.25) is 17.7 Å². The molecule has 10 nitrogen and oxygen atoms in total. The Morgan fingerprint density at radius 3 is 1.80 bits per heavy atom. The summed E-state index contributed by atoms with van der Waals surface area (Å²) in [5.74, 6) is 0.0206. The molecule has 2 N–H and O–H groups in total. The summed E-state index contributed by atoms with van der Waals surface area (Å²) in [6, 6.07) is 32.6. The van der Waals surface area contributed by atoms with Crippen LogP contribution in [0.15, 0.2) is 109 Å². The molecule has 0 saturated heterocycles. The van der Waals surface area contributed by atoms with Gasteiger partial charge in [0.25, 0.3) is 5.91 Å². The highest BCUT2D eigenvalue weighted by Gasteiger charge is 2.62. The molecular weight excluding hydrogens is 632 g/mol. The van der Waals surface area contributed by atoms with Gasteiger partial charge in [0, 0.05) is 50.7 Å². The van der Waals surface area contributed by atoms with E-state index in [1.54, 1.807) is 81.7 Å². The maximum atomic E-state index is 14.0. The molecule has 0 spiro atoms. The average Bonchev–Trinajstić information content (AvgIpc) is 3.88. The van der Waals surface area contributed by atoms with Crippen molar-refractivity contribution < 1.29 is 28.7 Å². The lowest BCUT2D eigenvalue weighted by Crippen LogP contribution is -2.51. The van der Waals surface area contributed by atoms with E-state index < -0.39 is 11.6 Å². The topological polar surface area (TPSA) is 117 Å². The first-order chi connectivity index (χ1) is 24.1. The van der Waals surface area contributed by atoms with Crippen LogP contribution in [-0.4, -0.2) is 63.5 Å². The minimum absolute atomic E-state index is 0.0348. The molecular formula is C40H44N4O6. The summed E-state index contributed by atoms with van der Waals surface area (Å²) in [4.78, 5) is 57.3. The van der Waals surface area contributed by atoms with Gasteiger partial charge in [0.05, 0.1) is 14.2 Å². The van der Waals surface area contributed by atoms with E-state index in [0.717, 1.165) is 11.1 Å². The number of likely N-dealkylation sites (N-methyl/N-ethyl adjacent to an activating group) is 2. The molecule has 260 valence electrons. The number of hydrogen-bond donors (Lipinski definition) is 2. The van der Waals surface area contributed by atoms with Crippen LogP contribution in [0.1, 0.15) is 42.7 Å². The Balaban J connectivity index is 1.22. The van der Waals surface area contributed by atoms with Gasteiger partial charge in [-0.05, 0) is 72.5 Å². The lowest BCUT2D eigenvalue weighted by atomic mass is 10.0. The average molecular weight is 677 g/mol. The molecule has 1 aliphatic rings. The predicted octanol–water partition coefficient (Wildman–Crippen LogP) is 5.27. The lowest BCUT2D eigenvalue weighted by molar-refractivity contribution is -0.129. The number of carbonyl (C=O) groups excluding carboxylic acids is 4. The van der Waals surface area contributed by atoms with Gasteiger partial charge in [-0.15, -0.1) is 0 Å². The van der Waals surface area contributed by atoms with Gasteiger partial charge in [-0.25, -0.2) is 0 Å². The summed E-state index contributed by atoms with van der Waals surface area (Å²) in [5, 5.41) is 5.94. The Hall–Kier alpha value is -5.64. The lowest BCUT2D eigenvalue weighted by Gasteiger charge is -2.26. The van der Waals surface area contributed by atoms with Crippen LogP contribution in [0.2, 0.25) is 0 Å². The van der Waals surface area contributed by atoms with E-state index >= 15 is 0 Å². The van der Waals surface area contributed by atoms with Crippen molar-refractivity contribution in [3.05, 3.63) is 120 Å². The molecule has 0 aromatic heterocycles. The molecule has 4 amide bonds. The fourth-order valence-electron chi connectivity index (χ4n) is 6.21. The van der Waals surface area contributed by atoms with Crippen molar-refractivity contribution in [1.82, 2.24) is 10.6 Å². The van der Waals surface area contributed by atoms with Crippen molar-refractivity contribution in [3.63, 3.8) is 0 Å².